The van der Waals surface area contributed by atoms with Crippen molar-refractivity contribution in [3.8, 4) is 44.5 Å². The topological polar surface area (TPSA) is 47.1 Å². The monoisotopic (exact) mass is 858 g/mol. The normalized spacial score (nSPS) is 11.9. The van der Waals surface area contributed by atoms with Gasteiger partial charge in [0, 0.05) is 49.8 Å². The Morgan fingerprint density at radius 2 is 0.866 bits per heavy atom. The number of rotatable bonds is 7. The van der Waals surface area contributed by atoms with E-state index in [0.717, 1.165) is 128 Å². The highest BCUT2D eigenvalue weighted by atomic mass is 16.3. The van der Waals surface area contributed by atoms with Gasteiger partial charge in [-0.25, -0.2) is 0 Å². The zero-order valence-electron chi connectivity index (χ0n) is 36.1. The van der Waals surface area contributed by atoms with Gasteiger partial charge in [0.05, 0.1) is 28.0 Å². The summed E-state index contributed by atoms with van der Waals surface area (Å²) in [6.45, 7) is 0. The number of furan rings is 2. The number of para-hydroxylation sites is 4. The molecule has 4 heterocycles. The van der Waals surface area contributed by atoms with Gasteiger partial charge in [0.15, 0.2) is 11.2 Å². The second kappa shape index (κ2) is 14.7. The smallest absolute Gasteiger partial charge is 0.213 e. The van der Waals surface area contributed by atoms with Gasteiger partial charge in [-0.3, -0.25) is 4.40 Å². The maximum absolute atomic E-state index is 7.00. The van der Waals surface area contributed by atoms with Crippen molar-refractivity contribution in [2.24, 2.45) is 0 Å². The predicted octanol–water partition coefficient (Wildman–Crippen LogP) is 17.8. The van der Waals surface area contributed by atoms with Crippen LogP contribution in [-0.4, -0.2) is 4.40 Å². The number of aromatic nitrogens is 1. The summed E-state index contributed by atoms with van der Waals surface area (Å²) in [5, 5.41) is 5.39. The van der Waals surface area contributed by atoms with E-state index in [1.54, 1.807) is 0 Å². The molecular formula is C62H38N2O3. The predicted molar refractivity (Wildman–Crippen MR) is 276 cm³/mol. The molecule has 5 heteroatoms. The lowest BCUT2D eigenvalue weighted by molar-refractivity contribution is 0.659. The first-order chi connectivity index (χ1) is 33.2. The number of benzene rings is 10. The van der Waals surface area contributed by atoms with E-state index in [-0.39, 0.29) is 0 Å². The molecule has 0 aliphatic rings. The van der Waals surface area contributed by atoms with Crippen LogP contribution in [0.1, 0.15) is 0 Å². The van der Waals surface area contributed by atoms with Gasteiger partial charge in [0.25, 0.3) is 0 Å². The van der Waals surface area contributed by atoms with Crippen LogP contribution in [0.2, 0.25) is 0 Å². The van der Waals surface area contributed by atoms with Crippen LogP contribution in [0.15, 0.2) is 244 Å². The first-order valence-electron chi connectivity index (χ1n) is 22.7. The molecule has 0 spiro atoms. The Morgan fingerprint density at radius 3 is 1.64 bits per heavy atom. The van der Waals surface area contributed by atoms with Crippen molar-refractivity contribution in [3.05, 3.63) is 231 Å². The summed E-state index contributed by atoms with van der Waals surface area (Å²) in [7, 11) is 0. The van der Waals surface area contributed by atoms with Gasteiger partial charge in [-0.1, -0.05) is 170 Å². The highest BCUT2D eigenvalue weighted by molar-refractivity contribution is 6.14. The second-order valence-electron chi connectivity index (χ2n) is 17.2. The molecule has 314 valence electrons. The van der Waals surface area contributed by atoms with Crippen LogP contribution in [0.5, 0.6) is 0 Å². The molecule has 14 rings (SSSR count). The molecule has 0 fully saturated rings. The molecule has 0 N–H and O–H groups in total. The molecule has 0 unspecified atom stereocenters. The van der Waals surface area contributed by atoms with E-state index in [1.165, 1.54) is 5.56 Å². The lowest BCUT2D eigenvalue weighted by Crippen LogP contribution is -2.10. The first kappa shape index (κ1) is 37.3. The van der Waals surface area contributed by atoms with E-state index >= 15 is 0 Å². The summed E-state index contributed by atoms with van der Waals surface area (Å²) in [6.07, 6.45) is 0. The van der Waals surface area contributed by atoms with Crippen molar-refractivity contribution in [1.29, 1.82) is 0 Å². The number of anilines is 3. The first-order valence-corrected chi connectivity index (χ1v) is 22.7. The lowest BCUT2D eigenvalue weighted by atomic mass is 10.0. The van der Waals surface area contributed by atoms with Crippen LogP contribution in [-0.2, 0) is 0 Å². The Kier molecular flexibility index (Phi) is 8.21. The average Bonchev–Trinajstić information content (AvgIpc) is 4.16. The maximum atomic E-state index is 7.00. The largest absolute Gasteiger partial charge is 0.456 e. The summed E-state index contributed by atoms with van der Waals surface area (Å²) in [6, 6.07) is 81.0. The fourth-order valence-corrected chi connectivity index (χ4v) is 10.3. The Balaban J connectivity index is 0.919. The fourth-order valence-electron chi connectivity index (χ4n) is 10.3. The van der Waals surface area contributed by atoms with Gasteiger partial charge >= 0.3 is 0 Å². The highest BCUT2D eigenvalue weighted by Crippen LogP contribution is 2.47. The average molecular weight is 859 g/mol. The zero-order valence-corrected chi connectivity index (χ0v) is 36.1. The fraction of sp³-hybridized carbons (Fsp3) is 0. The number of hydrogen-bond donors (Lipinski definition) is 0. The van der Waals surface area contributed by atoms with Crippen LogP contribution in [0, 0.1) is 0 Å². The number of hydrogen-bond acceptors (Lipinski definition) is 4. The standard InChI is InChI=1S/C62H38N2O3/c1-4-15-39(16-5-1)40-29-32-44(33-30-40)63(54-27-14-25-51-50-24-12-22-46(59(50)66-61(51)54)41-17-6-2-7-18-41)45-34-36-49-48-35-31-43(37-56(48)65-57(49)38-45)47-23-13-28-55-60(47)67-62-58(42-19-8-3-9-20-42)52-21-10-11-26-53(52)64(55)62/h1-38H. The van der Waals surface area contributed by atoms with Crippen molar-refractivity contribution < 1.29 is 13.3 Å². The van der Waals surface area contributed by atoms with Crippen molar-refractivity contribution in [2.75, 3.05) is 4.90 Å². The molecule has 0 amide bonds. The molecule has 4 aromatic heterocycles. The minimum atomic E-state index is 0.795. The molecule has 0 aliphatic heterocycles. The highest BCUT2D eigenvalue weighted by Gasteiger charge is 2.24. The summed E-state index contributed by atoms with van der Waals surface area (Å²) in [4.78, 5) is 2.28. The maximum Gasteiger partial charge on any atom is 0.213 e. The van der Waals surface area contributed by atoms with Gasteiger partial charge in [-0.2, -0.15) is 0 Å². The molecule has 14 aromatic rings. The van der Waals surface area contributed by atoms with Gasteiger partial charge in [0.1, 0.15) is 16.7 Å². The van der Waals surface area contributed by atoms with Gasteiger partial charge in [-0.05, 0) is 82.4 Å². The number of oxazole rings is 1. The van der Waals surface area contributed by atoms with Gasteiger partial charge in [-0.15, -0.1) is 0 Å². The van der Waals surface area contributed by atoms with Crippen LogP contribution in [0.4, 0.5) is 17.1 Å². The molecule has 0 bridgehead atoms. The molecule has 0 saturated heterocycles. The molecule has 0 aliphatic carbocycles. The third kappa shape index (κ3) is 5.81. The summed E-state index contributed by atoms with van der Waals surface area (Å²) < 4.78 is 23.0. The van der Waals surface area contributed by atoms with Crippen LogP contribution >= 0.6 is 0 Å². The molecule has 0 saturated carbocycles. The van der Waals surface area contributed by atoms with E-state index in [0.29, 0.717) is 0 Å². The van der Waals surface area contributed by atoms with E-state index in [1.807, 2.05) is 6.07 Å². The van der Waals surface area contributed by atoms with E-state index in [2.05, 4.69) is 234 Å². The van der Waals surface area contributed by atoms with Crippen LogP contribution in [0.25, 0.3) is 116 Å². The van der Waals surface area contributed by atoms with Crippen molar-refractivity contribution in [1.82, 2.24) is 4.40 Å². The molecule has 0 radical (unpaired) electrons. The minimum absolute atomic E-state index is 0.795. The lowest BCUT2D eigenvalue weighted by Gasteiger charge is -2.25. The molecule has 0 atom stereocenters. The van der Waals surface area contributed by atoms with Crippen molar-refractivity contribution in [3.63, 3.8) is 0 Å². The summed E-state index contributed by atoms with van der Waals surface area (Å²) in [5.41, 5.74) is 18.7. The van der Waals surface area contributed by atoms with Crippen molar-refractivity contribution in [2.45, 2.75) is 0 Å². The molecule has 67 heavy (non-hydrogen) atoms. The van der Waals surface area contributed by atoms with E-state index in [9.17, 15) is 0 Å². The van der Waals surface area contributed by atoms with Crippen LogP contribution in [0.3, 0.4) is 0 Å². The Bertz CT molecular complexity index is 4200. The van der Waals surface area contributed by atoms with Crippen molar-refractivity contribution >= 4 is 88.7 Å². The third-order valence-corrected chi connectivity index (χ3v) is 13.4. The second-order valence-corrected chi connectivity index (χ2v) is 17.2. The van der Waals surface area contributed by atoms with Gasteiger partial charge in [0.2, 0.25) is 5.71 Å². The Hall–Kier alpha value is -9.06. The minimum Gasteiger partial charge on any atom is -0.456 e. The third-order valence-electron chi connectivity index (χ3n) is 13.4. The van der Waals surface area contributed by atoms with E-state index < -0.39 is 0 Å². The summed E-state index contributed by atoms with van der Waals surface area (Å²) in [5.74, 6) is 0. The zero-order chi connectivity index (χ0) is 44.0. The van der Waals surface area contributed by atoms with Gasteiger partial charge < -0.3 is 18.2 Å². The molecule has 5 nitrogen and oxygen atoms in total. The number of fused-ring (bicyclic) bond motifs is 11. The van der Waals surface area contributed by atoms with E-state index in [4.69, 9.17) is 13.3 Å². The summed E-state index contributed by atoms with van der Waals surface area (Å²) >= 11 is 0. The SMILES string of the molecule is c1ccc(-c2ccc(N(c3ccc4c(c3)oc3cc(-c5cccc6c5oc5c(-c7ccccc7)c7ccccc7n56)ccc34)c3cccc4c3oc3c(-c5ccccc5)cccc34)cc2)cc1. The Labute approximate surface area is 384 Å². The number of nitrogens with zero attached hydrogens (tertiary/aromatic N) is 2. The molecular weight excluding hydrogens is 821 g/mol. The molecule has 10 aromatic carbocycles. The van der Waals surface area contributed by atoms with Crippen LogP contribution < -0.4 is 4.90 Å². The Morgan fingerprint density at radius 1 is 0.313 bits per heavy atom. The quantitative estimate of drug-likeness (QED) is 0.160.